The van der Waals surface area contributed by atoms with Gasteiger partial charge in [0.05, 0.1) is 10.6 Å². The molecule has 0 aliphatic rings. The van der Waals surface area contributed by atoms with Crippen LogP contribution in [0.25, 0.3) is 0 Å². The number of carbonyl (C=O) groups excluding carboxylic acids is 2. The van der Waals surface area contributed by atoms with Crippen LogP contribution < -0.4 is 9.62 Å². The molecule has 202 valence electrons. The molecule has 0 radical (unpaired) electrons. The molecule has 2 amide bonds. The number of rotatable bonds is 11. The molecule has 0 heterocycles. The Kier molecular flexibility index (Phi) is 10.2. The van der Waals surface area contributed by atoms with Crippen LogP contribution in [0.15, 0.2) is 77.7 Å². The van der Waals surface area contributed by atoms with Gasteiger partial charge >= 0.3 is 0 Å². The van der Waals surface area contributed by atoms with E-state index < -0.39 is 28.5 Å². The fraction of sp³-hybridized carbons (Fsp3) is 0.286. The Hall–Kier alpha value is -3.07. The Balaban J connectivity index is 2.03. The second-order valence-electron chi connectivity index (χ2n) is 8.88. The molecular formula is C28H31Cl2N3O4S. The molecule has 7 nitrogen and oxygen atoms in total. The van der Waals surface area contributed by atoms with Crippen molar-refractivity contribution >= 4 is 50.7 Å². The minimum absolute atomic E-state index is 0.0115. The van der Waals surface area contributed by atoms with Gasteiger partial charge in [-0.1, -0.05) is 60.5 Å². The summed E-state index contributed by atoms with van der Waals surface area (Å²) in [6.07, 6.45) is 0.734. The van der Waals surface area contributed by atoms with Gasteiger partial charge < -0.3 is 10.2 Å². The quantitative estimate of drug-likeness (QED) is 0.330. The topological polar surface area (TPSA) is 86.8 Å². The summed E-state index contributed by atoms with van der Waals surface area (Å²) in [6, 6.07) is 18.8. The van der Waals surface area contributed by atoms with Crippen LogP contribution in [0.1, 0.15) is 31.4 Å². The van der Waals surface area contributed by atoms with Crippen molar-refractivity contribution < 1.29 is 18.0 Å². The summed E-state index contributed by atoms with van der Waals surface area (Å²) in [5.41, 5.74) is 1.79. The maximum absolute atomic E-state index is 13.9. The van der Waals surface area contributed by atoms with Crippen LogP contribution in [-0.2, 0) is 26.2 Å². The van der Waals surface area contributed by atoms with Gasteiger partial charge in [0.25, 0.3) is 10.0 Å². The van der Waals surface area contributed by atoms with Gasteiger partial charge in [-0.3, -0.25) is 13.9 Å². The Morgan fingerprint density at radius 3 is 2.29 bits per heavy atom. The van der Waals surface area contributed by atoms with E-state index in [-0.39, 0.29) is 17.3 Å². The molecule has 1 N–H and O–H groups in total. The second kappa shape index (κ2) is 13.1. The number of aryl methyl sites for hydroxylation is 1. The number of sulfonamides is 1. The SMILES string of the molecule is CCCNC(=O)[C@@H](C)N(Cc1ccccc1Cl)C(=O)CN(c1cccc(C)c1)S(=O)(=O)c1ccc(Cl)cc1. The molecule has 0 aliphatic heterocycles. The van der Waals surface area contributed by atoms with E-state index in [0.29, 0.717) is 27.8 Å². The summed E-state index contributed by atoms with van der Waals surface area (Å²) >= 11 is 12.3. The first-order valence-electron chi connectivity index (χ1n) is 12.2. The standard InChI is InChI=1S/C28H31Cl2N3O4S/c1-4-16-31-28(35)21(3)32(18-22-9-5-6-11-26(22)30)27(34)19-33(24-10-7-8-20(2)17-24)38(36,37)25-14-12-23(29)13-15-25/h5-15,17,21H,4,16,18-19H2,1-3H3,(H,31,35)/t21-/m1/s1. The average Bonchev–Trinajstić information content (AvgIpc) is 2.89. The molecule has 38 heavy (non-hydrogen) atoms. The number of anilines is 1. The van der Waals surface area contributed by atoms with Gasteiger partial charge in [0.2, 0.25) is 11.8 Å². The molecule has 0 bridgehead atoms. The predicted octanol–water partition coefficient (Wildman–Crippen LogP) is 5.44. The Morgan fingerprint density at radius 1 is 0.974 bits per heavy atom. The summed E-state index contributed by atoms with van der Waals surface area (Å²) in [7, 11) is -4.16. The molecule has 3 aromatic rings. The zero-order chi connectivity index (χ0) is 27.9. The number of carbonyl (C=O) groups is 2. The lowest BCUT2D eigenvalue weighted by molar-refractivity contribution is -0.139. The third kappa shape index (κ3) is 7.28. The van der Waals surface area contributed by atoms with Crippen molar-refractivity contribution in [3.05, 3.63) is 94.0 Å². The summed E-state index contributed by atoms with van der Waals surface area (Å²) in [5, 5.41) is 3.64. The van der Waals surface area contributed by atoms with E-state index in [2.05, 4.69) is 5.32 Å². The first-order chi connectivity index (χ1) is 18.0. The first kappa shape index (κ1) is 29.5. The van der Waals surface area contributed by atoms with Crippen LogP contribution in [0.2, 0.25) is 10.0 Å². The van der Waals surface area contributed by atoms with E-state index in [0.717, 1.165) is 16.3 Å². The van der Waals surface area contributed by atoms with Crippen molar-refractivity contribution in [1.82, 2.24) is 10.2 Å². The number of nitrogens with one attached hydrogen (secondary N) is 1. The molecule has 3 aromatic carbocycles. The molecule has 0 fully saturated rings. The minimum Gasteiger partial charge on any atom is -0.354 e. The summed E-state index contributed by atoms with van der Waals surface area (Å²) in [4.78, 5) is 28.1. The fourth-order valence-electron chi connectivity index (χ4n) is 3.83. The number of benzene rings is 3. The van der Waals surface area contributed by atoms with Gasteiger partial charge in [0.15, 0.2) is 0 Å². The fourth-order valence-corrected chi connectivity index (χ4v) is 5.56. The molecule has 1 atom stereocenters. The van der Waals surface area contributed by atoms with E-state index in [9.17, 15) is 18.0 Å². The Labute approximate surface area is 234 Å². The highest BCUT2D eigenvalue weighted by atomic mass is 35.5. The summed E-state index contributed by atoms with van der Waals surface area (Å²) in [6.45, 7) is 5.34. The van der Waals surface area contributed by atoms with Gasteiger partial charge in [0.1, 0.15) is 12.6 Å². The first-order valence-corrected chi connectivity index (χ1v) is 14.4. The number of halogens is 2. The maximum atomic E-state index is 13.9. The van der Waals surface area contributed by atoms with E-state index >= 15 is 0 Å². The number of nitrogens with zero attached hydrogens (tertiary/aromatic N) is 2. The van der Waals surface area contributed by atoms with Crippen LogP contribution in [0, 0.1) is 6.92 Å². The third-order valence-electron chi connectivity index (χ3n) is 5.99. The smallest absolute Gasteiger partial charge is 0.264 e. The molecule has 3 rings (SSSR count). The van der Waals surface area contributed by atoms with Gasteiger partial charge in [-0.15, -0.1) is 0 Å². The highest BCUT2D eigenvalue weighted by Crippen LogP contribution is 2.27. The van der Waals surface area contributed by atoms with Gasteiger partial charge in [-0.05, 0) is 73.9 Å². The number of hydrogen-bond acceptors (Lipinski definition) is 4. The summed E-state index contributed by atoms with van der Waals surface area (Å²) < 4.78 is 28.6. The molecule has 0 unspecified atom stereocenters. The predicted molar refractivity (Wildman–Crippen MR) is 152 cm³/mol. The second-order valence-corrected chi connectivity index (χ2v) is 11.6. The lowest BCUT2D eigenvalue weighted by atomic mass is 10.1. The molecule has 0 aromatic heterocycles. The van der Waals surface area contributed by atoms with Crippen LogP contribution in [0.3, 0.4) is 0 Å². The largest absolute Gasteiger partial charge is 0.354 e. The zero-order valence-corrected chi connectivity index (χ0v) is 23.9. The number of hydrogen-bond donors (Lipinski definition) is 1. The zero-order valence-electron chi connectivity index (χ0n) is 21.5. The Bertz CT molecular complexity index is 1380. The summed E-state index contributed by atoms with van der Waals surface area (Å²) in [5.74, 6) is -0.891. The highest BCUT2D eigenvalue weighted by molar-refractivity contribution is 7.92. The normalized spacial score (nSPS) is 12.0. The molecular weight excluding hydrogens is 545 g/mol. The monoisotopic (exact) mass is 575 g/mol. The van der Waals surface area contributed by atoms with E-state index in [4.69, 9.17) is 23.2 Å². The lowest BCUT2D eigenvalue weighted by Gasteiger charge is -2.32. The molecule has 0 saturated heterocycles. The van der Waals surface area contributed by atoms with Crippen LogP contribution in [0.4, 0.5) is 5.69 Å². The minimum atomic E-state index is -4.16. The average molecular weight is 577 g/mol. The van der Waals surface area contributed by atoms with Gasteiger partial charge in [0, 0.05) is 23.1 Å². The van der Waals surface area contributed by atoms with E-state index in [1.807, 2.05) is 19.9 Å². The highest BCUT2D eigenvalue weighted by Gasteiger charge is 2.32. The third-order valence-corrected chi connectivity index (χ3v) is 8.39. The Morgan fingerprint density at radius 2 is 1.66 bits per heavy atom. The molecule has 0 aliphatic carbocycles. The van der Waals surface area contributed by atoms with E-state index in [1.54, 1.807) is 49.4 Å². The van der Waals surface area contributed by atoms with E-state index in [1.165, 1.54) is 29.2 Å². The van der Waals surface area contributed by atoms with Crippen molar-refractivity contribution in [2.45, 2.75) is 44.7 Å². The van der Waals surface area contributed by atoms with Gasteiger partial charge in [-0.25, -0.2) is 8.42 Å². The van der Waals surface area contributed by atoms with Crippen molar-refractivity contribution in [1.29, 1.82) is 0 Å². The van der Waals surface area contributed by atoms with Crippen molar-refractivity contribution in [2.75, 3.05) is 17.4 Å². The van der Waals surface area contributed by atoms with Gasteiger partial charge in [-0.2, -0.15) is 0 Å². The van der Waals surface area contributed by atoms with Crippen LogP contribution in [-0.4, -0.2) is 44.3 Å². The van der Waals surface area contributed by atoms with Crippen LogP contribution in [0.5, 0.6) is 0 Å². The lowest BCUT2D eigenvalue weighted by Crippen LogP contribution is -2.51. The molecule has 10 heteroatoms. The number of amides is 2. The van der Waals surface area contributed by atoms with Crippen molar-refractivity contribution in [3.63, 3.8) is 0 Å². The molecule has 0 saturated carbocycles. The van der Waals surface area contributed by atoms with Crippen LogP contribution >= 0.6 is 23.2 Å². The van der Waals surface area contributed by atoms with Crippen molar-refractivity contribution in [3.8, 4) is 0 Å². The maximum Gasteiger partial charge on any atom is 0.264 e. The van der Waals surface area contributed by atoms with Crippen molar-refractivity contribution in [2.24, 2.45) is 0 Å². The molecule has 0 spiro atoms.